The molecule has 0 aromatic heterocycles. The molecule has 2 aliphatic heterocycles. The van der Waals surface area contributed by atoms with Crippen LogP contribution in [0, 0.1) is 0 Å². The highest BCUT2D eigenvalue weighted by Crippen LogP contribution is 2.25. The molecule has 2 aliphatic rings. The van der Waals surface area contributed by atoms with E-state index in [1.54, 1.807) is 11.0 Å². The van der Waals surface area contributed by atoms with Crippen molar-refractivity contribution in [2.45, 2.75) is 17.9 Å². The second-order valence-electron chi connectivity index (χ2n) is 6.08. The van der Waals surface area contributed by atoms with Crippen molar-refractivity contribution in [1.29, 1.82) is 0 Å². The second-order valence-corrected chi connectivity index (χ2v) is 8.69. The van der Waals surface area contributed by atoms with E-state index in [0.29, 0.717) is 5.69 Å². The summed E-state index contributed by atoms with van der Waals surface area (Å²) in [7, 11) is -3.46. The first-order valence-electron chi connectivity index (χ1n) is 8.43. The van der Waals surface area contributed by atoms with Crippen LogP contribution in [-0.2, 0) is 24.3 Å². The van der Waals surface area contributed by atoms with Crippen LogP contribution in [-0.4, -0.2) is 55.7 Å². The van der Waals surface area contributed by atoms with Gasteiger partial charge in [0, 0.05) is 17.6 Å². The molecule has 1 amide bonds. The maximum Gasteiger partial charge on any atom is 0.340 e. The van der Waals surface area contributed by atoms with Crippen LogP contribution < -0.4 is 5.32 Å². The quantitative estimate of drug-likeness (QED) is 0.571. The monoisotopic (exact) mass is 421 g/mol. The van der Waals surface area contributed by atoms with Crippen LogP contribution >= 0.6 is 11.8 Å². The van der Waals surface area contributed by atoms with E-state index in [-0.39, 0.29) is 23.7 Å². The number of hydrogen-bond donors (Lipinski definition) is 1. The molecule has 1 atom stereocenters. The minimum absolute atomic E-state index is 0.128. The largest absolute Gasteiger partial charge is 0.449 e. The van der Waals surface area contributed by atoms with Crippen molar-refractivity contribution in [1.82, 2.24) is 4.90 Å². The molecule has 0 aliphatic carbocycles. The highest BCUT2D eigenvalue weighted by atomic mass is 32.2. The summed E-state index contributed by atoms with van der Waals surface area (Å²) < 4.78 is 32.0. The molecule has 148 valence electrons. The first kappa shape index (κ1) is 20.2. The van der Waals surface area contributed by atoms with Gasteiger partial charge in [0.15, 0.2) is 6.10 Å². The highest BCUT2D eigenvalue weighted by molar-refractivity contribution is 7.98. The van der Waals surface area contributed by atoms with Gasteiger partial charge in [-0.3, -0.25) is 4.79 Å². The van der Waals surface area contributed by atoms with Gasteiger partial charge in [-0.05, 0) is 37.5 Å². The normalized spacial score (nSPS) is 18.4. The number of ether oxygens (including phenoxy) is 1. The first-order chi connectivity index (χ1) is 13.3. The molecule has 1 aromatic carbocycles. The minimum atomic E-state index is -3.46. The predicted molar refractivity (Wildman–Crippen MR) is 108 cm³/mol. The van der Waals surface area contributed by atoms with Gasteiger partial charge in [-0.25, -0.2) is 13.2 Å². The Hall–Kier alpha value is -2.59. The number of nitrogens with one attached hydrogen (secondary N) is 1. The van der Waals surface area contributed by atoms with E-state index in [4.69, 9.17) is 4.74 Å². The van der Waals surface area contributed by atoms with E-state index in [9.17, 15) is 18.0 Å². The third-order valence-corrected chi connectivity index (χ3v) is 6.04. The topological polar surface area (TPSA) is 105 Å². The van der Waals surface area contributed by atoms with Crippen molar-refractivity contribution in [3.63, 3.8) is 0 Å². The minimum Gasteiger partial charge on any atom is -0.449 e. The number of fused-ring (bicyclic) bond motifs is 1. The van der Waals surface area contributed by atoms with Gasteiger partial charge < -0.3 is 15.0 Å². The maximum absolute atomic E-state index is 12.4. The fraction of sp³-hybridized carbons (Fsp3) is 0.278. The summed E-state index contributed by atoms with van der Waals surface area (Å²) in [4.78, 5) is 27.2. The molecule has 10 heteroatoms. The zero-order valence-corrected chi connectivity index (χ0v) is 16.9. The van der Waals surface area contributed by atoms with Crippen LogP contribution in [0.2, 0.25) is 0 Å². The number of carbonyl (C=O) groups excluding carboxylic acids is 2. The number of rotatable bonds is 5. The Morgan fingerprint density at radius 3 is 2.79 bits per heavy atom. The Morgan fingerprint density at radius 1 is 1.29 bits per heavy atom. The molecule has 0 saturated heterocycles. The summed E-state index contributed by atoms with van der Waals surface area (Å²) >= 11 is 1.50. The molecule has 0 spiro atoms. The Bertz CT molecular complexity index is 998. The summed E-state index contributed by atoms with van der Waals surface area (Å²) in [6.45, 7) is 1.69. The average Bonchev–Trinajstić information content (AvgIpc) is 2.67. The van der Waals surface area contributed by atoms with Gasteiger partial charge in [0.25, 0.3) is 15.9 Å². The number of anilines is 1. The lowest BCUT2D eigenvalue weighted by Gasteiger charge is -2.27. The standard InChI is InChI=1S/C18H19N3O5S2/c1-12(17(22)19-14-5-3-4-6-15(14)27-2)26-18(23)13-7-8-16-20-28(24,25)10-9-21(16)11-13/h3-8,11-12H,9-10H2,1-2H3,(H,19,22)/t12-/m0/s1. The van der Waals surface area contributed by atoms with Crippen LogP contribution in [0.25, 0.3) is 0 Å². The predicted octanol–water partition coefficient (Wildman–Crippen LogP) is 1.78. The smallest absolute Gasteiger partial charge is 0.340 e. The molecule has 2 heterocycles. The van der Waals surface area contributed by atoms with Crippen LogP contribution in [0.3, 0.4) is 0 Å². The van der Waals surface area contributed by atoms with Crippen molar-refractivity contribution in [3.05, 3.63) is 48.2 Å². The summed E-state index contributed by atoms with van der Waals surface area (Å²) in [5.41, 5.74) is 0.859. The van der Waals surface area contributed by atoms with Gasteiger partial charge in [-0.1, -0.05) is 12.1 Å². The SMILES string of the molecule is CSc1ccccc1NC(=O)[C@H](C)OC(=O)C1=CN2CCS(=O)(=O)N=C2C=C1. The van der Waals surface area contributed by atoms with Gasteiger partial charge in [0.1, 0.15) is 5.84 Å². The van der Waals surface area contributed by atoms with Gasteiger partial charge in [0.05, 0.1) is 17.0 Å². The number of thioether (sulfide) groups is 1. The van der Waals surface area contributed by atoms with E-state index < -0.39 is 28.0 Å². The zero-order valence-electron chi connectivity index (χ0n) is 15.3. The van der Waals surface area contributed by atoms with E-state index in [0.717, 1.165) is 4.90 Å². The number of nitrogens with zero attached hydrogens (tertiary/aromatic N) is 2. The van der Waals surface area contributed by atoms with E-state index >= 15 is 0 Å². The van der Waals surface area contributed by atoms with Crippen molar-refractivity contribution in [2.24, 2.45) is 4.40 Å². The Balaban J connectivity index is 1.64. The Labute approximate surface area is 167 Å². The van der Waals surface area contributed by atoms with Gasteiger partial charge in [0.2, 0.25) is 0 Å². The zero-order chi connectivity index (χ0) is 20.3. The molecular formula is C18H19N3O5S2. The molecule has 0 saturated carbocycles. The lowest BCUT2D eigenvalue weighted by molar-refractivity contribution is -0.149. The summed E-state index contributed by atoms with van der Waals surface area (Å²) in [5, 5.41) is 2.75. The van der Waals surface area contributed by atoms with E-state index in [2.05, 4.69) is 9.71 Å². The van der Waals surface area contributed by atoms with E-state index in [1.807, 2.05) is 24.5 Å². The number of amides is 1. The molecule has 1 aromatic rings. The third-order valence-electron chi connectivity index (χ3n) is 4.08. The molecule has 0 bridgehead atoms. The van der Waals surface area contributed by atoms with E-state index in [1.165, 1.54) is 37.0 Å². The lowest BCUT2D eigenvalue weighted by Crippen LogP contribution is -2.37. The number of amidine groups is 1. The van der Waals surface area contributed by atoms with Crippen LogP contribution in [0.4, 0.5) is 5.69 Å². The summed E-state index contributed by atoms with van der Waals surface area (Å²) in [6, 6.07) is 7.33. The number of sulfonamides is 1. The number of carbonyl (C=O) groups is 2. The maximum atomic E-state index is 12.4. The average molecular weight is 422 g/mol. The van der Waals surface area contributed by atoms with Crippen molar-refractivity contribution in [2.75, 3.05) is 23.9 Å². The van der Waals surface area contributed by atoms with Crippen LogP contribution in [0.15, 0.2) is 57.5 Å². The van der Waals surface area contributed by atoms with Crippen LogP contribution in [0.5, 0.6) is 0 Å². The second kappa shape index (κ2) is 8.19. The number of hydrogen-bond acceptors (Lipinski definition) is 7. The Kier molecular flexibility index (Phi) is 5.90. The number of esters is 1. The fourth-order valence-electron chi connectivity index (χ4n) is 2.59. The van der Waals surface area contributed by atoms with Gasteiger partial charge in [-0.2, -0.15) is 0 Å². The van der Waals surface area contributed by atoms with Crippen molar-refractivity contribution < 1.29 is 22.7 Å². The van der Waals surface area contributed by atoms with Crippen molar-refractivity contribution >= 4 is 45.2 Å². The molecule has 0 unspecified atom stereocenters. The number of benzene rings is 1. The number of para-hydroxylation sites is 1. The Morgan fingerprint density at radius 2 is 2.04 bits per heavy atom. The van der Waals surface area contributed by atoms with Crippen molar-refractivity contribution in [3.8, 4) is 0 Å². The fourth-order valence-corrected chi connectivity index (χ4v) is 4.11. The van der Waals surface area contributed by atoms with Gasteiger partial charge in [-0.15, -0.1) is 16.2 Å². The molecular weight excluding hydrogens is 402 g/mol. The highest BCUT2D eigenvalue weighted by Gasteiger charge is 2.27. The molecule has 8 nitrogen and oxygen atoms in total. The third kappa shape index (κ3) is 4.63. The van der Waals surface area contributed by atoms with Gasteiger partial charge >= 0.3 is 5.97 Å². The van der Waals surface area contributed by atoms with Crippen LogP contribution in [0.1, 0.15) is 6.92 Å². The molecule has 28 heavy (non-hydrogen) atoms. The summed E-state index contributed by atoms with van der Waals surface area (Å²) in [6.07, 6.45) is 5.23. The lowest BCUT2D eigenvalue weighted by atomic mass is 10.2. The molecule has 3 rings (SSSR count). The molecule has 0 fully saturated rings. The summed E-state index contributed by atoms with van der Waals surface area (Å²) in [5.74, 6) is -0.995. The molecule has 0 radical (unpaired) electrons. The molecule has 1 N–H and O–H groups in total. The first-order valence-corrected chi connectivity index (χ1v) is 11.3.